The van der Waals surface area contributed by atoms with Gasteiger partial charge in [-0.3, -0.25) is 14.4 Å². The molecule has 0 heterocycles. The van der Waals surface area contributed by atoms with Crippen LogP contribution in [0.2, 0.25) is 0 Å². The Bertz CT molecular complexity index is 1020. The summed E-state index contributed by atoms with van der Waals surface area (Å²) >= 11 is 0. The molecule has 0 aliphatic carbocycles. The quantitative estimate of drug-likeness (QED) is 0.147. The molecule has 38 heavy (non-hydrogen) atoms. The van der Waals surface area contributed by atoms with Gasteiger partial charge in [0.2, 0.25) is 34.7 Å². The first kappa shape index (κ1) is 36.8. The van der Waals surface area contributed by atoms with Crippen molar-refractivity contribution in [3.8, 4) is 0 Å². The third-order valence-electron chi connectivity index (χ3n) is 4.25. The van der Waals surface area contributed by atoms with Crippen LogP contribution in [0.4, 0.5) is 0 Å². The smallest absolute Gasteiger partial charge is 0.870 e. The summed E-state index contributed by atoms with van der Waals surface area (Å²) in [5.74, 6) is 0.519. The van der Waals surface area contributed by atoms with Crippen LogP contribution in [0.3, 0.4) is 0 Å². The zero-order valence-corrected chi connectivity index (χ0v) is 24.7. The van der Waals surface area contributed by atoms with Gasteiger partial charge in [0, 0.05) is 20.8 Å². The fourth-order valence-corrected chi connectivity index (χ4v) is 2.67. The molecule has 7 nitrogen and oxygen atoms in total. The fraction of sp³-hybridized carbons (Fsp3) is 0.100. The van der Waals surface area contributed by atoms with Gasteiger partial charge >= 0.3 is 40.8 Å². The van der Waals surface area contributed by atoms with Crippen molar-refractivity contribution in [3.63, 3.8) is 0 Å². The van der Waals surface area contributed by atoms with Crippen LogP contribution in [0, 0.1) is 60.1 Å². The topological polar surface area (TPSA) is 158 Å². The largest absolute Gasteiger partial charge is 3.00 e. The Hall–Kier alpha value is -3.40. The van der Waals surface area contributed by atoms with E-state index in [4.69, 9.17) is 14.4 Å². The Morgan fingerprint density at radius 1 is 0.421 bits per heavy atom. The molecule has 0 aromatic heterocycles. The minimum absolute atomic E-state index is 0. The summed E-state index contributed by atoms with van der Waals surface area (Å²) in [7, 11) is 0. The SMILES string of the molecule is CC(=[OH+])[CH-]C(=[OH+])c1ccccc1.CC(=[OH+])[CH-]C(=[OH+])c1ccccc1.CC(=[OH+])[CH-]C(=[OH+])c1ccccc1.[Nd+3].[OH-]. The molecule has 8 heteroatoms. The number of carbonyl (C=O) groups excluding carboxylic acids is 6. The van der Waals surface area contributed by atoms with E-state index in [0.29, 0.717) is 16.7 Å². The first-order valence-corrected chi connectivity index (χ1v) is 11.1. The molecule has 0 saturated heterocycles. The third kappa shape index (κ3) is 16.4. The zero-order chi connectivity index (χ0) is 26.9. The normalized spacial score (nSPS) is 8.61. The summed E-state index contributed by atoms with van der Waals surface area (Å²) < 4.78 is 0. The molecule has 0 spiro atoms. The summed E-state index contributed by atoms with van der Waals surface area (Å²) in [5.41, 5.74) is 2.10. The van der Waals surface area contributed by atoms with Crippen LogP contribution in [0.5, 0.6) is 0 Å². The molecular formula is C30H34NdO7+5. The summed E-state index contributed by atoms with van der Waals surface area (Å²) in [6.07, 6.45) is 3.94. The van der Waals surface area contributed by atoms with Crippen LogP contribution in [-0.4, -0.2) is 68.9 Å². The van der Waals surface area contributed by atoms with E-state index in [2.05, 4.69) is 0 Å². The summed E-state index contributed by atoms with van der Waals surface area (Å²) in [6.45, 7) is 4.54. The van der Waals surface area contributed by atoms with Crippen molar-refractivity contribution in [1.82, 2.24) is 0 Å². The number of ketones is 6. The number of benzene rings is 3. The van der Waals surface area contributed by atoms with Crippen molar-refractivity contribution in [1.29, 1.82) is 0 Å². The zero-order valence-electron chi connectivity index (χ0n) is 21.5. The molecule has 1 radical (unpaired) electrons. The van der Waals surface area contributed by atoms with Gasteiger partial charge in [0.05, 0.1) is 0 Å². The van der Waals surface area contributed by atoms with E-state index >= 15 is 0 Å². The van der Waals surface area contributed by atoms with Gasteiger partial charge in [-0.1, -0.05) is 71.3 Å². The van der Waals surface area contributed by atoms with Gasteiger partial charge in [-0.25, -0.2) is 0 Å². The van der Waals surface area contributed by atoms with E-state index in [1.54, 1.807) is 36.4 Å². The molecule has 3 aromatic rings. The van der Waals surface area contributed by atoms with Crippen LogP contribution >= 0.6 is 0 Å². The standard InChI is InChI=1S/3C10H9O2.Nd.H2O/c3*1-8(11)7-10(12)9-5-3-2-4-6-9;;/h3*2-7H,1H3;;1H2/q3*-1;+3;/p+5. The van der Waals surface area contributed by atoms with Crippen molar-refractivity contribution >= 4 is 34.7 Å². The van der Waals surface area contributed by atoms with Gasteiger partial charge in [-0.15, -0.1) is 36.4 Å². The van der Waals surface area contributed by atoms with Gasteiger partial charge in [-0.2, -0.15) is 0 Å². The summed E-state index contributed by atoms with van der Waals surface area (Å²) in [4.78, 5) is 54.7. The molecule has 0 atom stereocenters. The predicted molar refractivity (Wildman–Crippen MR) is 150 cm³/mol. The van der Waals surface area contributed by atoms with Crippen molar-refractivity contribution in [2.75, 3.05) is 0 Å². The first-order valence-electron chi connectivity index (χ1n) is 11.1. The maximum atomic E-state index is 9.37. The molecule has 0 bridgehead atoms. The van der Waals surface area contributed by atoms with Crippen LogP contribution in [0.15, 0.2) is 91.0 Å². The Morgan fingerprint density at radius 2 is 0.605 bits per heavy atom. The van der Waals surface area contributed by atoms with Crippen LogP contribution < -0.4 is 0 Å². The summed E-state index contributed by atoms with van der Waals surface area (Å²) in [5, 5.41) is 0. The average molecular weight is 651 g/mol. The van der Waals surface area contributed by atoms with Crippen LogP contribution in [-0.2, 0) is 0 Å². The molecule has 0 unspecified atom stereocenters. The Balaban J connectivity index is 0. The monoisotopic (exact) mass is 648 g/mol. The van der Waals surface area contributed by atoms with Crippen LogP contribution in [0.25, 0.3) is 0 Å². The Labute approximate surface area is 255 Å². The van der Waals surface area contributed by atoms with Gasteiger partial charge < -0.3 is 19.9 Å². The average Bonchev–Trinajstić information content (AvgIpc) is 2.85. The molecule has 0 saturated carbocycles. The number of hydrogen-bond acceptors (Lipinski definition) is 1. The molecule has 0 aliphatic heterocycles. The molecule has 7 N–H and O–H groups in total. The van der Waals surface area contributed by atoms with E-state index in [9.17, 15) is 14.4 Å². The molecule has 0 fully saturated rings. The second-order valence-corrected chi connectivity index (χ2v) is 7.61. The Kier molecular flexibility index (Phi) is 20.0. The van der Waals surface area contributed by atoms with E-state index in [1.165, 1.54) is 40.0 Å². The molecule has 3 aromatic carbocycles. The molecular weight excluding hydrogens is 617 g/mol. The maximum Gasteiger partial charge on any atom is 3.00 e. The molecule has 0 amide bonds. The van der Waals surface area contributed by atoms with Gasteiger partial charge in [-0.05, 0) is 19.3 Å². The van der Waals surface area contributed by atoms with Crippen molar-refractivity contribution < 1.29 is 75.1 Å². The van der Waals surface area contributed by atoms with Crippen LogP contribution in [0.1, 0.15) is 37.5 Å². The van der Waals surface area contributed by atoms with Gasteiger partial charge in [0.15, 0.2) is 0 Å². The van der Waals surface area contributed by atoms with E-state index < -0.39 is 0 Å². The molecule has 0 aliphatic rings. The Morgan fingerprint density at radius 3 is 0.763 bits per heavy atom. The molecule has 195 valence electrons. The predicted octanol–water partition coefficient (Wildman–Crippen LogP) is 3.87. The number of rotatable bonds is 9. The van der Waals surface area contributed by atoms with E-state index in [-0.39, 0.29) is 81.0 Å². The molecule has 3 rings (SSSR count). The first-order chi connectivity index (χ1) is 17.1. The fourth-order valence-electron chi connectivity index (χ4n) is 2.67. The maximum absolute atomic E-state index is 9.37. The third-order valence-corrected chi connectivity index (χ3v) is 4.25. The van der Waals surface area contributed by atoms with Crippen molar-refractivity contribution in [2.45, 2.75) is 20.8 Å². The minimum Gasteiger partial charge on any atom is -0.870 e. The van der Waals surface area contributed by atoms with Crippen molar-refractivity contribution in [3.05, 3.63) is 127 Å². The van der Waals surface area contributed by atoms with E-state index in [0.717, 1.165) is 0 Å². The van der Waals surface area contributed by atoms with E-state index in [1.807, 2.05) is 54.6 Å². The number of hydrogen-bond donors (Lipinski definition) is 0. The summed E-state index contributed by atoms with van der Waals surface area (Å²) in [6, 6.07) is 27.2. The second kappa shape index (κ2) is 20.6. The minimum atomic E-state index is 0. The van der Waals surface area contributed by atoms with Gasteiger partial charge in [0.25, 0.3) is 0 Å². The van der Waals surface area contributed by atoms with Gasteiger partial charge in [0.1, 0.15) is 0 Å². The second-order valence-electron chi connectivity index (χ2n) is 7.61. The van der Waals surface area contributed by atoms with Crippen molar-refractivity contribution in [2.24, 2.45) is 0 Å².